The zero-order valence-electron chi connectivity index (χ0n) is 13.6. The lowest BCUT2D eigenvalue weighted by Crippen LogP contribution is -2.46. The van der Waals surface area contributed by atoms with E-state index in [2.05, 4.69) is 19.9 Å². The monoisotopic (exact) mass is 298 g/mol. The van der Waals surface area contributed by atoms with E-state index in [1.807, 2.05) is 12.1 Å². The number of rotatable bonds is 1. The molecule has 0 heterocycles. The average Bonchev–Trinajstić information content (AvgIpc) is 2.81. The number of hydrogen-bond acceptors (Lipinski definition) is 2. The van der Waals surface area contributed by atoms with Crippen LogP contribution in [0.5, 0.6) is 5.75 Å². The third-order valence-electron chi connectivity index (χ3n) is 7.12. The van der Waals surface area contributed by atoms with Crippen molar-refractivity contribution in [2.24, 2.45) is 23.2 Å². The van der Waals surface area contributed by atoms with Crippen molar-refractivity contribution in [3.05, 3.63) is 29.3 Å². The van der Waals surface area contributed by atoms with Gasteiger partial charge in [-0.3, -0.25) is 4.79 Å². The van der Waals surface area contributed by atoms with Crippen molar-refractivity contribution in [2.75, 3.05) is 0 Å². The molecule has 0 spiro atoms. The Hall–Kier alpha value is -1.31. The summed E-state index contributed by atoms with van der Waals surface area (Å²) in [4.78, 5) is 12.5. The van der Waals surface area contributed by atoms with E-state index in [-0.39, 0.29) is 5.41 Å². The molecule has 1 aromatic rings. The molecule has 2 fully saturated rings. The lowest BCUT2D eigenvalue weighted by molar-refractivity contribution is -0.130. The quantitative estimate of drug-likeness (QED) is 0.831. The van der Waals surface area contributed by atoms with Crippen LogP contribution in [0.4, 0.5) is 0 Å². The molecule has 4 rings (SSSR count). The fourth-order valence-corrected chi connectivity index (χ4v) is 5.95. The summed E-state index contributed by atoms with van der Waals surface area (Å²) in [5.74, 6) is 3.40. The highest BCUT2D eigenvalue weighted by Crippen LogP contribution is 2.61. The van der Waals surface area contributed by atoms with E-state index in [1.165, 1.54) is 17.5 Å². The Balaban J connectivity index is 1.79. The molecule has 2 heteroatoms. The van der Waals surface area contributed by atoms with Crippen LogP contribution < -0.4 is 0 Å². The topological polar surface area (TPSA) is 37.3 Å². The van der Waals surface area contributed by atoms with E-state index in [1.54, 1.807) is 0 Å². The van der Waals surface area contributed by atoms with Gasteiger partial charge in [-0.1, -0.05) is 26.3 Å². The van der Waals surface area contributed by atoms with E-state index < -0.39 is 0 Å². The zero-order valence-corrected chi connectivity index (χ0v) is 13.6. The summed E-state index contributed by atoms with van der Waals surface area (Å²) in [7, 11) is 0. The average molecular weight is 298 g/mol. The van der Waals surface area contributed by atoms with Gasteiger partial charge < -0.3 is 5.11 Å². The van der Waals surface area contributed by atoms with Crippen molar-refractivity contribution >= 4 is 5.78 Å². The molecule has 0 radical (unpaired) electrons. The number of phenolic OH excluding ortho intramolecular Hbond substituents is 1. The van der Waals surface area contributed by atoms with Gasteiger partial charge >= 0.3 is 0 Å². The Morgan fingerprint density at radius 3 is 2.91 bits per heavy atom. The SMILES string of the molecule is CCC1Cc2cc(O)ccc2C2CCC3(C)C(=O)CCC3C12. The van der Waals surface area contributed by atoms with Crippen LogP contribution in [0.15, 0.2) is 18.2 Å². The van der Waals surface area contributed by atoms with Crippen molar-refractivity contribution < 1.29 is 9.90 Å². The van der Waals surface area contributed by atoms with Crippen LogP contribution in [-0.4, -0.2) is 10.9 Å². The Morgan fingerprint density at radius 1 is 1.32 bits per heavy atom. The normalized spacial score (nSPS) is 40.0. The molecule has 1 aromatic carbocycles. The number of ketones is 1. The molecule has 0 aliphatic heterocycles. The van der Waals surface area contributed by atoms with Crippen LogP contribution in [0.25, 0.3) is 0 Å². The zero-order chi connectivity index (χ0) is 15.5. The van der Waals surface area contributed by atoms with E-state index >= 15 is 0 Å². The molecule has 5 unspecified atom stereocenters. The van der Waals surface area contributed by atoms with Crippen LogP contribution in [0.2, 0.25) is 0 Å². The summed E-state index contributed by atoms with van der Waals surface area (Å²) in [5.41, 5.74) is 2.75. The molecule has 22 heavy (non-hydrogen) atoms. The van der Waals surface area contributed by atoms with Gasteiger partial charge in [0.05, 0.1) is 0 Å². The highest BCUT2D eigenvalue weighted by atomic mass is 16.3. The predicted molar refractivity (Wildman–Crippen MR) is 86.9 cm³/mol. The molecule has 118 valence electrons. The molecular formula is C20H26O2. The van der Waals surface area contributed by atoms with Crippen molar-refractivity contribution in [3.63, 3.8) is 0 Å². The van der Waals surface area contributed by atoms with Gasteiger partial charge in [0.1, 0.15) is 11.5 Å². The van der Waals surface area contributed by atoms with Crippen LogP contribution in [0.3, 0.4) is 0 Å². The molecule has 0 bridgehead atoms. The number of Topliss-reactive ketones (excluding diaryl/α,β-unsaturated/α-hetero) is 1. The van der Waals surface area contributed by atoms with Crippen molar-refractivity contribution in [1.29, 1.82) is 0 Å². The number of phenols is 1. The Kier molecular flexibility index (Phi) is 3.15. The number of hydrogen-bond donors (Lipinski definition) is 1. The Labute approximate surface area is 132 Å². The maximum atomic E-state index is 12.5. The maximum absolute atomic E-state index is 12.5. The number of carbonyl (C=O) groups is 1. The second kappa shape index (κ2) is 4.84. The first-order chi connectivity index (χ1) is 10.5. The maximum Gasteiger partial charge on any atom is 0.139 e. The number of carbonyl (C=O) groups excluding carboxylic acids is 1. The Morgan fingerprint density at radius 2 is 2.14 bits per heavy atom. The predicted octanol–water partition coefficient (Wildman–Crippen LogP) is 4.45. The van der Waals surface area contributed by atoms with Crippen LogP contribution >= 0.6 is 0 Å². The molecule has 0 aromatic heterocycles. The lowest BCUT2D eigenvalue weighted by atomic mass is 9.52. The fraction of sp³-hybridized carbons (Fsp3) is 0.650. The van der Waals surface area contributed by atoms with Gasteiger partial charge in [-0.05, 0) is 72.6 Å². The second-order valence-electron chi connectivity index (χ2n) is 7.96. The van der Waals surface area contributed by atoms with E-state index in [9.17, 15) is 9.90 Å². The summed E-state index contributed by atoms with van der Waals surface area (Å²) in [6.45, 7) is 4.53. The minimum atomic E-state index is -0.0526. The first-order valence-electron chi connectivity index (χ1n) is 8.89. The second-order valence-corrected chi connectivity index (χ2v) is 7.96. The highest BCUT2D eigenvalue weighted by molar-refractivity contribution is 5.87. The van der Waals surface area contributed by atoms with Gasteiger partial charge in [0, 0.05) is 11.8 Å². The molecule has 1 N–H and O–H groups in total. The van der Waals surface area contributed by atoms with Gasteiger partial charge in [0.25, 0.3) is 0 Å². The van der Waals surface area contributed by atoms with Gasteiger partial charge in [0.15, 0.2) is 0 Å². The minimum Gasteiger partial charge on any atom is -0.508 e. The standard InChI is InChI=1S/C20H26O2/c1-3-12-10-13-11-14(21)4-5-15(13)16-8-9-20(2)17(19(12)16)6-7-18(20)22/h4-5,11-12,16-17,19,21H,3,6-10H2,1-2H3. The molecule has 2 nitrogen and oxygen atoms in total. The summed E-state index contributed by atoms with van der Waals surface area (Å²) in [6, 6.07) is 5.96. The molecule has 0 amide bonds. The van der Waals surface area contributed by atoms with Gasteiger partial charge in [-0.25, -0.2) is 0 Å². The summed E-state index contributed by atoms with van der Waals surface area (Å²) < 4.78 is 0. The van der Waals surface area contributed by atoms with Gasteiger partial charge in [-0.15, -0.1) is 0 Å². The van der Waals surface area contributed by atoms with Crippen molar-refractivity contribution in [2.45, 2.75) is 58.3 Å². The molecule has 2 saturated carbocycles. The van der Waals surface area contributed by atoms with Crippen LogP contribution in [0.1, 0.15) is 63.0 Å². The number of fused-ring (bicyclic) bond motifs is 5. The summed E-state index contributed by atoms with van der Waals surface area (Å²) in [6.07, 6.45) is 6.33. The first-order valence-corrected chi connectivity index (χ1v) is 8.89. The third kappa shape index (κ3) is 1.82. The minimum absolute atomic E-state index is 0.0526. The van der Waals surface area contributed by atoms with Crippen molar-refractivity contribution in [3.8, 4) is 5.75 Å². The molecule has 3 aliphatic carbocycles. The summed E-state index contributed by atoms with van der Waals surface area (Å²) in [5, 5.41) is 9.82. The van der Waals surface area contributed by atoms with Gasteiger partial charge in [0.2, 0.25) is 0 Å². The van der Waals surface area contributed by atoms with E-state index in [0.717, 1.165) is 32.1 Å². The molecular weight excluding hydrogens is 272 g/mol. The largest absolute Gasteiger partial charge is 0.508 e. The highest BCUT2D eigenvalue weighted by Gasteiger charge is 2.56. The fourth-order valence-electron chi connectivity index (χ4n) is 5.95. The van der Waals surface area contributed by atoms with Crippen molar-refractivity contribution in [1.82, 2.24) is 0 Å². The Bertz CT molecular complexity index is 620. The lowest BCUT2D eigenvalue weighted by Gasteiger charge is -2.51. The molecule has 3 aliphatic rings. The van der Waals surface area contributed by atoms with Gasteiger partial charge in [-0.2, -0.15) is 0 Å². The molecule has 0 saturated heterocycles. The number of benzene rings is 1. The van der Waals surface area contributed by atoms with E-state index in [0.29, 0.717) is 35.2 Å². The third-order valence-corrected chi connectivity index (χ3v) is 7.12. The first kappa shape index (κ1) is 14.3. The molecule has 5 atom stereocenters. The number of aromatic hydroxyl groups is 1. The summed E-state index contributed by atoms with van der Waals surface area (Å²) >= 11 is 0. The smallest absolute Gasteiger partial charge is 0.139 e. The van der Waals surface area contributed by atoms with Crippen LogP contribution in [0, 0.1) is 23.2 Å². The van der Waals surface area contributed by atoms with Crippen LogP contribution in [-0.2, 0) is 11.2 Å². The van der Waals surface area contributed by atoms with E-state index in [4.69, 9.17) is 0 Å².